The zero-order chi connectivity index (χ0) is 20.2. The molecule has 5 heteroatoms. The summed E-state index contributed by atoms with van der Waals surface area (Å²) in [5.41, 5.74) is 1.31. The highest BCUT2D eigenvalue weighted by Gasteiger charge is 2.36. The summed E-state index contributed by atoms with van der Waals surface area (Å²) in [7, 11) is 1.59. The van der Waals surface area contributed by atoms with Gasteiger partial charge in [-0.15, -0.1) is 0 Å². The van der Waals surface area contributed by atoms with Crippen molar-refractivity contribution in [2.45, 2.75) is 76.7 Å². The van der Waals surface area contributed by atoms with Crippen LogP contribution in [0.3, 0.4) is 0 Å². The summed E-state index contributed by atoms with van der Waals surface area (Å²) >= 11 is 0. The van der Waals surface area contributed by atoms with Crippen molar-refractivity contribution >= 4 is 17.5 Å². The van der Waals surface area contributed by atoms with Crippen LogP contribution < -0.4 is 10.1 Å². The van der Waals surface area contributed by atoms with Gasteiger partial charge in [0.15, 0.2) is 0 Å². The van der Waals surface area contributed by atoms with E-state index in [9.17, 15) is 9.59 Å². The number of likely N-dealkylation sites (tertiary alicyclic amines) is 1. The summed E-state index contributed by atoms with van der Waals surface area (Å²) in [5.74, 6) is 1.84. The van der Waals surface area contributed by atoms with E-state index in [0.29, 0.717) is 41.3 Å². The number of piperidine rings is 1. The van der Waals surface area contributed by atoms with Crippen molar-refractivity contribution in [2.24, 2.45) is 11.8 Å². The van der Waals surface area contributed by atoms with Crippen LogP contribution in [0.4, 0.5) is 5.69 Å². The van der Waals surface area contributed by atoms with E-state index in [4.69, 9.17) is 4.74 Å². The largest absolute Gasteiger partial charge is 0.496 e. The van der Waals surface area contributed by atoms with Crippen LogP contribution in [0.15, 0.2) is 18.2 Å². The Labute approximate surface area is 174 Å². The average molecular weight is 399 g/mol. The molecule has 3 aliphatic rings. The number of fused-ring (bicyclic) bond motifs is 1. The number of nitrogens with zero attached hydrogens (tertiary/aromatic N) is 1. The number of ether oxygens (including phenoxy) is 1. The van der Waals surface area contributed by atoms with E-state index in [1.807, 2.05) is 12.1 Å². The number of methoxy groups -OCH3 is 1. The molecule has 2 saturated carbocycles. The number of rotatable bonds is 5. The van der Waals surface area contributed by atoms with Crippen LogP contribution in [0.5, 0.6) is 5.75 Å². The summed E-state index contributed by atoms with van der Waals surface area (Å²) in [5, 5.41) is 2.99. The molecule has 5 nitrogen and oxygen atoms in total. The van der Waals surface area contributed by atoms with Crippen molar-refractivity contribution < 1.29 is 14.3 Å². The lowest BCUT2D eigenvalue weighted by atomic mass is 9.78. The zero-order valence-corrected chi connectivity index (χ0v) is 17.6. The monoisotopic (exact) mass is 398 g/mol. The number of amides is 2. The molecular weight excluding hydrogens is 364 g/mol. The average Bonchev–Trinajstić information content (AvgIpc) is 3.25. The first kappa shape index (κ1) is 20.2. The van der Waals surface area contributed by atoms with E-state index in [0.717, 1.165) is 32.2 Å². The smallest absolute Gasteiger partial charge is 0.257 e. The molecule has 2 atom stereocenters. The lowest BCUT2D eigenvalue weighted by Crippen LogP contribution is -2.49. The first-order valence-corrected chi connectivity index (χ1v) is 11.4. The Hall–Kier alpha value is -2.04. The molecular formula is C24H34N2O3. The van der Waals surface area contributed by atoms with Crippen molar-refractivity contribution in [2.75, 3.05) is 19.0 Å². The Bertz CT molecular complexity index is 740. The second-order valence-corrected chi connectivity index (χ2v) is 9.07. The van der Waals surface area contributed by atoms with Crippen LogP contribution >= 0.6 is 0 Å². The minimum Gasteiger partial charge on any atom is -0.496 e. The summed E-state index contributed by atoms with van der Waals surface area (Å²) in [6.07, 6.45) is 12.6. The molecule has 0 bridgehead atoms. The molecule has 1 aliphatic heterocycles. The van der Waals surface area contributed by atoms with E-state index in [-0.39, 0.29) is 11.8 Å². The van der Waals surface area contributed by atoms with Gasteiger partial charge in [-0.25, -0.2) is 0 Å². The number of benzene rings is 1. The van der Waals surface area contributed by atoms with Crippen molar-refractivity contribution in [3.8, 4) is 5.75 Å². The SMILES string of the molecule is COc1cc(NC(=O)CC2CCCC2)ccc1C(=O)N1CCC[C@@H]2CCCC[C@@H]21. The minimum absolute atomic E-state index is 0.0547. The first-order valence-electron chi connectivity index (χ1n) is 11.4. The molecule has 0 spiro atoms. The third-order valence-corrected chi connectivity index (χ3v) is 7.17. The lowest BCUT2D eigenvalue weighted by molar-refractivity contribution is -0.117. The summed E-state index contributed by atoms with van der Waals surface area (Å²) in [6.45, 7) is 0.836. The van der Waals surface area contributed by atoms with Gasteiger partial charge in [-0.1, -0.05) is 25.7 Å². The molecule has 0 unspecified atom stereocenters. The third kappa shape index (κ3) is 4.59. The molecule has 1 aromatic rings. The van der Waals surface area contributed by atoms with Gasteiger partial charge in [-0.05, 0) is 62.5 Å². The van der Waals surface area contributed by atoms with Gasteiger partial charge >= 0.3 is 0 Å². The number of hydrogen-bond donors (Lipinski definition) is 1. The number of anilines is 1. The maximum atomic E-state index is 13.4. The van der Waals surface area contributed by atoms with E-state index >= 15 is 0 Å². The highest BCUT2D eigenvalue weighted by molar-refractivity contribution is 5.99. The van der Waals surface area contributed by atoms with E-state index in [1.165, 1.54) is 38.5 Å². The summed E-state index contributed by atoms with van der Waals surface area (Å²) in [4.78, 5) is 27.8. The van der Waals surface area contributed by atoms with E-state index < -0.39 is 0 Å². The third-order valence-electron chi connectivity index (χ3n) is 7.17. The van der Waals surface area contributed by atoms with Crippen LogP contribution in [0.25, 0.3) is 0 Å². The Morgan fingerprint density at radius 2 is 1.76 bits per heavy atom. The zero-order valence-electron chi connectivity index (χ0n) is 17.6. The fourth-order valence-corrected chi connectivity index (χ4v) is 5.67. The van der Waals surface area contributed by atoms with Gasteiger partial charge in [-0.2, -0.15) is 0 Å². The molecule has 1 aromatic carbocycles. The summed E-state index contributed by atoms with van der Waals surface area (Å²) < 4.78 is 5.55. The van der Waals surface area contributed by atoms with Crippen molar-refractivity contribution in [3.05, 3.63) is 23.8 Å². The number of carbonyl (C=O) groups is 2. The van der Waals surface area contributed by atoms with Gasteiger partial charge in [0.25, 0.3) is 5.91 Å². The molecule has 1 N–H and O–H groups in total. The first-order chi connectivity index (χ1) is 14.2. The van der Waals surface area contributed by atoms with Crippen LogP contribution in [0.1, 0.15) is 81.0 Å². The Morgan fingerprint density at radius 3 is 2.55 bits per heavy atom. The highest BCUT2D eigenvalue weighted by atomic mass is 16.5. The Balaban J connectivity index is 1.45. The Kier molecular flexibility index (Phi) is 6.41. The fourth-order valence-electron chi connectivity index (χ4n) is 5.67. The molecule has 0 aromatic heterocycles. The predicted octanol–water partition coefficient (Wildman–Crippen LogP) is 5.01. The molecule has 1 heterocycles. The second kappa shape index (κ2) is 9.19. The van der Waals surface area contributed by atoms with Gasteiger partial charge < -0.3 is 15.0 Å². The van der Waals surface area contributed by atoms with Gasteiger partial charge in [0.05, 0.1) is 12.7 Å². The molecule has 1 saturated heterocycles. The molecule has 0 radical (unpaired) electrons. The second-order valence-electron chi connectivity index (χ2n) is 9.07. The topological polar surface area (TPSA) is 58.6 Å². The summed E-state index contributed by atoms with van der Waals surface area (Å²) in [6, 6.07) is 5.83. The molecule has 2 amide bonds. The maximum Gasteiger partial charge on any atom is 0.257 e. The molecule has 158 valence electrons. The Morgan fingerprint density at radius 1 is 1.03 bits per heavy atom. The fraction of sp³-hybridized carbons (Fsp3) is 0.667. The van der Waals surface area contributed by atoms with Gasteiger partial charge in [0.2, 0.25) is 5.91 Å². The van der Waals surface area contributed by atoms with Crippen LogP contribution in [0, 0.1) is 11.8 Å². The van der Waals surface area contributed by atoms with E-state index in [2.05, 4.69) is 10.2 Å². The number of hydrogen-bond acceptors (Lipinski definition) is 3. The van der Waals surface area contributed by atoms with Crippen molar-refractivity contribution in [3.63, 3.8) is 0 Å². The van der Waals surface area contributed by atoms with Crippen LogP contribution in [0.2, 0.25) is 0 Å². The van der Waals surface area contributed by atoms with Gasteiger partial charge in [-0.3, -0.25) is 9.59 Å². The van der Waals surface area contributed by atoms with E-state index in [1.54, 1.807) is 13.2 Å². The van der Waals surface area contributed by atoms with Crippen LogP contribution in [-0.2, 0) is 4.79 Å². The lowest BCUT2D eigenvalue weighted by Gasteiger charge is -2.44. The number of carbonyl (C=O) groups excluding carboxylic acids is 2. The van der Waals surface area contributed by atoms with Crippen LogP contribution in [-0.4, -0.2) is 36.4 Å². The molecule has 29 heavy (non-hydrogen) atoms. The molecule has 2 aliphatic carbocycles. The predicted molar refractivity (Wildman–Crippen MR) is 114 cm³/mol. The van der Waals surface area contributed by atoms with Crippen molar-refractivity contribution in [1.29, 1.82) is 0 Å². The number of nitrogens with one attached hydrogen (secondary N) is 1. The highest BCUT2D eigenvalue weighted by Crippen LogP contribution is 2.37. The minimum atomic E-state index is 0.0547. The normalized spacial score (nSPS) is 24.8. The van der Waals surface area contributed by atoms with Gasteiger partial charge in [0.1, 0.15) is 5.75 Å². The molecule has 4 rings (SSSR count). The molecule has 3 fully saturated rings. The van der Waals surface area contributed by atoms with Gasteiger partial charge in [0, 0.05) is 30.8 Å². The van der Waals surface area contributed by atoms with Crippen molar-refractivity contribution in [1.82, 2.24) is 4.90 Å². The maximum absolute atomic E-state index is 13.4. The quantitative estimate of drug-likeness (QED) is 0.758. The standard InChI is InChI=1S/C24H34N2O3/c1-29-22-16-19(25-23(27)15-17-7-2-3-8-17)12-13-20(22)24(28)26-14-6-10-18-9-4-5-11-21(18)26/h12-13,16-18,21H,2-11,14-15H2,1H3,(H,25,27)/t18-,21-/m0/s1.